The highest BCUT2D eigenvalue weighted by molar-refractivity contribution is 7.98. The third-order valence-electron chi connectivity index (χ3n) is 3.38. The Labute approximate surface area is 148 Å². The molecule has 132 valence electrons. The van der Waals surface area contributed by atoms with Crippen LogP contribution in [0.2, 0.25) is 0 Å². The molecule has 26 heavy (non-hydrogen) atoms. The van der Waals surface area contributed by atoms with Crippen LogP contribution >= 0.6 is 11.8 Å². The molecule has 2 N–H and O–H groups in total. The second kappa shape index (κ2) is 6.67. The van der Waals surface area contributed by atoms with Crippen LogP contribution in [0.5, 0.6) is 0 Å². The largest absolute Gasteiger partial charge is 0.453 e. The molecule has 4 aromatic rings. The summed E-state index contributed by atoms with van der Waals surface area (Å²) >= 11 is 1.33. The number of aromatic nitrogens is 6. The van der Waals surface area contributed by atoms with E-state index in [0.717, 1.165) is 12.1 Å². The topological polar surface area (TPSA) is 96.3 Å². The highest BCUT2D eigenvalue weighted by atomic mass is 32.2. The van der Waals surface area contributed by atoms with Crippen molar-refractivity contribution in [3.05, 3.63) is 53.9 Å². The fourth-order valence-electron chi connectivity index (χ4n) is 2.17. The molecule has 11 heteroatoms. The van der Waals surface area contributed by atoms with E-state index in [1.165, 1.54) is 24.2 Å². The van der Waals surface area contributed by atoms with E-state index in [0.29, 0.717) is 28.3 Å². The summed E-state index contributed by atoms with van der Waals surface area (Å²) < 4.78 is 45.3. The summed E-state index contributed by atoms with van der Waals surface area (Å²) in [6.07, 6.45) is 1.41. The molecule has 0 aliphatic rings. The Hall–Kier alpha value is -3.08. The zero-order valence-corrected chi connectivity index (χ0v) is 13.6. The van der Waals surface area contributed by atoms with Gasteiger partial charge in [-0.3, -0.25) is 10.2 Å². The summed E-state index contributed by atoms with van der Waals surface area (Å²) in [5, 5.41) is 13.7. The van der Waals surface area contributed by atoms with Crippen LogP contribution in [0.4, 0.5) is 13.2 Å². The Bertz CT molecular complexity index is 1020. The molecule has 0 unspecified atom stereocenters. The van der Waals surface area contributed by atoms with Gasteiger partial charge in [-0.15, -0.1) is 5.10 Å². The number of hydrogen-bond donors (Lipinski definition) is 2. The normalized spacial score (nSPS) is 11.2. The number of rotatable bonds is 5. The van der Waals surface area contributed by atoms with E-state index < -0.39 is 17.5 Å². The van der Waals surface area contributed by atoms with E-state index in [2.05, 4.69) is 30.4 Å². The minimum Gasteiger partial charge on any atom is -0.453 e. The van der Waals surface area contributed by atoms with Crippen LogP contribution in [0.1, 0.15) is 5.82 Å². The monoisotopic (exact) mass is 378 g/mol. The summed E-state index contributed by atoms with van der Waals surface area (Å²) in [6.45, 7) is 0. The fraction of sp³-hybridized carbons (Fsp3) is 0.0667. The number of nitrogens with zero attached hydrogens (tertiary/aromatic N) is 4. The van der Waals surface area contributed by atoms with Gasteiger partial charge in [0, 0.05) is 5.56 Å². The number of nitrogens with one attached hydrogen (secondary N) is 2. The first-order valence-electron chi connectivity index (χ1n) is 7.24. The van der Waals surface area contributed by atoms with E-state index >= 15 is 0 Å². The van der Waals surface area contributed by atoms with Gasteiger partial charge in [0.1, 0.15) is 17.9 Å². The van der Waals surface area contributed by atoms with Crippen LogP contribution in [0.25, 0.3) is 22.9 Å². The van der Waals surface area contributed by atoms with Crippen molar-refractivity contribution in [3.8, 4) is 22.9 Å². The maximum atomic E-state index is 13.4. The van der Waals surface area contributed by atoms with Crippen molar-refractivity contribution in [2.24, 2.45) is 0 Å². The van der Waals surface area contributed by atoms with Crippen LogP contribution in [0, 0.1) is 17.5 Å². The van der Waals surface area contributed by atoms with Crippen LogP contribution in [-0.2, 0) is 5.75 Å². The summed E-state index contributed by atoms with van der Waals surface area (Å²) in [4.78, 5) is 8.26. The van der Waals surface area contributed by atoms with Gasteiger partial charge in [-0.25, -0.2) is 18.2 Å². The first-order chi connectivity index (χ1) is 12.6. The maximum Gasteiger partial charge on any atom is 0.209 e. The van der Waals surface area contributed by atoms with Gasteiger partial charge in [-0.1, -0.05) is 11.8 Å². The highest BCUT2D eigenvalue weighted by Crippen LogP contribution is 2.29. The van der Waals surface area contributed by atoms with Crippen LogP contribution in [0.15, 0.2) is 40.2 Å². The van der Waals surface area contributed by atoms with Gasteiger partial charge in [0.05, 0.1) is 5.75 Å². The molecule has 0 saturated carbocycles. The molecule has 0 aliphatic carbocycles. The van der Waals surface area contributed by atoms with Gasteiger partial charge >= 0.3 is 0 Å². The van der Waals surface area contributed by atoms with Crippen LogP contribution < -0.4 is 0 Å². The van der Waals surface area contributed by atoms with E-state index in [1.807, 2.05) is 0 Å². The summed E-state index contributed by atoms with van der Waals surface area (Å²) in [5.74, 6) is -2.07. The van der Waals surface area contributed by atoms with Crippen LogP contribution in [-0.4, -0.2) is 30.4 Å². The lowest BCUT2D eigenvalue weighted by molar-refractivity contribution is 0.447. The van der Waals surface area contributed by atoms with Crippen molar-refractivity contribution in [1.82, 2.24) is 30.4 Å². The van der Waals surface area contributed by atoms with Gasteiger partial charge in [0.15, 0.2) is 29.0 Å². The maximum absolute atomic E-state index is 13.4. The quantitative estimate of drug-likeness (QED) is 0.407. The average molecular weight is 378 g/mol. The number of aromatic amines is 2. The first-order valence-corrected chi connectivity index (χ1v) is 8.23. The number of thioether (sulfide) groups is 1. The van der Waals surface area contributed by atoms with Crippen molar-refractivity contribution < 1.29 is 17.6 Å². The fourth-order valence-corrected chi connectivity index (χ4v) is 2.84. The molecule has 3 heterocycles. The minimum atomic E-state index is -1.52. The lowest BCUT2D eigenvalue weighted by Crippen LogP contribution is -1.91. The Balaban J connectivity index is 1.53. The molecular weight excluding hydrogens is 369 g/mol. The Kier molecular flexibility index (Phi) is 4.21. The van der Waals surface area contributed by atoms with Crippen molar-refractivity contribution in [1.29, 1.82) is 0 Å². The van der Waals surface area contributed by atoms with Gasteiger partial charge in [0.2, 0.25) is 5.16 Å². The molecule has 0 amide bonds. The van der Waals surface area contributed by atoms with Crippen molar-refractivity contribution >= 4 is 11.8 Å². The third kappa shape index (κ3) is 3.20. The van der Waals surface area contributed by atoms with E-state index in [4.69, 9.17) is 4.42 Å². The number of furan rings is 1. The van der Waals surface area contributed by atoms with E-state index in [-0.39, 0.29) is 11.3 Å². The molecule has 0 radical (unpaired) electrons. The molecule has 0 aliphatic heterocycles. The summed E-state index contributed by atoms with van der Waals surface area (Å²) in [5.41, 5.74) is 0.0760. The van der Waals surface area contributed by atoms with E-state index in [1.54, 1.807) is 6.07 Å². The van der Waals surface area contributed by atoms with Gasteiger partial charge in [-0.2, -0.15) is 10.1 Å². The van der Waals surface area contributed by atoms with Gasteiger partial charge in [-0.05, 0) is 24.3 Å². The number of H-pyrrole nitrogens is 2. The van der Waals surface area contributed by atoms with Gasteiger partial charge < -0.3 is 4.42 Å². The molecule has 1 aromatic carbocycles. The van der Waals surface area contributed by atoms with Crippen molar-refractivity contribution in [2.45, 2.75) is 10.9 Å². The molecule has 4 rings (SSSR count). The lowest BCUT2D eigenvalue weighted by atomic mass is 10.1. The average Bonchev–Trinajstić information content (AvgIpc) is 3.38. The minimum absolute atomic E-state index is 0.0760. The summed E-state index contributed by atoms with van der Waals surface area (Å²) in [7, 11) is 0. The molecule has 0 atom stereocenters. The van der Waals surface area contributed by atoms with Crippen molar-refractivity contribution in [3.63, 3.8) is 0 Å². The van der Waals surface area contributed by atoms with Crippen LogP contribution in [0.3, 0.4) is 0 Å². The van der Waals surface area contributed by atoms with E-state index in [9.17, 15) is 13.2 Å². The van der Waals surface area contributed by atoms with Crippen molar-refractivity contribution in [2.75, 3.05) is 0 Å². The standard InChI is InChI=1S/C15H9F3N6OS/c16-8-3-7(4-9(17)13(8)18)10-1-2-11(25-10)14-21-15(24-23-14)26-5-12-19-6-20-22-12/h1-4,6H,5H2,(H,19,20,22)(H,21,23,24). The SMILES string of the molecule is Fc1cc(-c2ccc(-c3nc(SCc4ncn[nH]4)n[nH]3)o2)cc(F)c1F. The molecule has 0 fully saturated rings. The molecule has 7 nitrogen and oxygen atoms in total. The summed E-state index contributed by atoms with van der Waals surface area (Å²) in [6, 6.07) is 4.80. The Morgan fingerprint density at radius 1 is 1.04 bits per heavy atom. The predicted octanol–water partition coefficient (Wildman–Crippen LogP) is 3.56. The highest BCUT2D eigenvalue weighted by Gasteiger charge is 2.16. The molecule has 0 bridgehead atoms. The predicted molar refractivity (Wildman–Crippen MR) is 85.3 cm³/mol. The first kappa shape index (κ1) is 16.4. The number of hydrogen-bond acceptors (Lipinski definition) is 6. The second-order valence-electron chi connectivity index (χ2n) is 5.11. The molecule has 0 spiro atoms. The zero-order chi connectivity index (χ0) is 18.1. The number of benzene rings is 1. The smallest absolute Gasteiger partial charge is 0.209 e. The number of halogens is 3. The third-order valence-corrected chi connectivity index (χ3v) is 4.23. The Morgan fingerprint density at radius 2 is 1.81 bits per heavy atom. The molecular formula is C15H9F3N6OS. The molecule has 0 saturated heterocycles. The zero-order valence-electron chi connectivity index (χ0n) is 12.8. The second-order valence-corrected chi connectivity index (χ2v) is 6.05. The Morgan fingerprint density at radius 3 is 2.54 bits per heavy atom. The molecule has 3 aromatic heterocycles. The lowest BCUT2D eigenvalue weighted by Gasteiger charge is -2.00. The van der Waals surface area contributed by atoms with Gasteiger partial charge in [0.25, 0.3) is 0 Å².